The summed E-state index contributed by atoms with van der Waals surface area (Å²) in [6, 6.07) is 23.3. The number of nitrogens with zero attached hydrogens (tertiary/aromatic N) is 4. The van der Waals surface area contributed by atoms with Crippen LogP contribution in [0, 0.1) is 3.57 Å². The number of benzene rings is 4. The molecule has 0 bridgehead atoms. The highest BCUT2D eigenvalue weighted by Crippen LogP contribution is 2.38. The van der Waals surface area contributed by atoms with Crippen molar-refractivity contribution < 1.29 is 10.2 Å². The summed E-state index contributed by atoms with van der Waals surface area (Å²) in [4.78, 5) is 0. The quantitative estimate of drug-likeness (QED) is 0.225. The standard InChI is InChI=1S/C22H15IN4O2/c23-15-6-8-16(9-7-15)24-25-17-10-12-20(28)19(13-17)26-27-22-18-4-2-1-3-14(18)5-11-21(22)29/h1-13,28-29H. The summed E-state index contributed by atoms with van der Waals surface area (Å²) in [6.07, 6.45) is 0. The molecule has 0 heterocycles. The van der Waals surface area contributed by atoms with E-state index >= 15 is 0 Å². The molecule has 0 aliphatic heterocycles. The normalized spacial score (nSPS) is 11.6. The van der Waals surface area contributed by atoms with E-state index in [1.54, 1.807) is 18.2 Å². The summed E-state index contributed by atoms with van der Waals surface area (Å²) in [5, 5.41) is 38.7. The highest BCUT2D eigenvalue weighted by molar-refractivity contribution is 14.1. The Balaban J connectivity index is 1.65. The van der Waals surface area contributed by atoms with Gasteiger partial charge in [-0.15, -0.1) is 10.2 Å². The fraction of sp³-hybridized carbons (Fsp3) is 0. The van der Waals surface area contributed by atoms with Gasteiger partial charge in [-0.3, -0.25) is 0 Å². The lowest BCUT2D eigenvalue weighted by atomic mass is 10.1. The van der Waals surface area contributed by atoms with E-state index in [1.807, 2.05) is 54.6 Å². The van der Waals surface area contributed by atoms with E-state index in [-0.39, 0.29) is 17.2 Å². The number of rotatable bonds is 4. The maximum atomic E-state index is 10.2. The van der Waals surface area contributed by atoms with Crippen molar-refractivity contribution in [1.82, 2.24) is 0 Å². The number of halogens is 1. The minimum absolute atomic E-state index is 0.0153. The van der Waals surface area contributed by atoms with Gasteiger partial charge in [-0.05, 0) is 76.5 Å². The highest BCUT2D eigenvalue weighted by atomic mass is 127. The maximum Gasteiger partial charge on any atom is 0.143 e. The second kappa shape index (κ2) is 8.36. The lowest BCUT2D eigenvalue weighted by Crippen LogP contribution is -1.75. The number of hydrogen-bond acceptors (Lipinski definition) is 6. The molecule has 0 radical (unpaired) electrons. The van der Waals surface area contributed by atoms with Gasteiger partial charge in [0.25, 0.3) is 0 Å². The predicted molar refractivity (Wildman–Crippen MR) is 121 cm³/mol. The van der Waals surface area contributed by atoms with Crippen LogP contribution in [-0.4, -0.2) is 10.2 Å². The minimum Gasteiger partial charge on any atom is -0.506 e. The number of phenols is 2. The molecular weight excluding hydrogens is 479 g/mol. The summed E-state index contributed by atoms with van der Waals surface area (Å²) in [5.74, 6) is -0.0248. The zero-order chi connectivity index (χ0) is 20.2. The van der Waals surface area contributed by atoms with Crippen molar-refractivity contribution in [2.24, 2.45) is 20.5 Å². The summed E-state index contributed by atoms with van der Waals surface area (Å²) in [6.45, 7) is 0. The highest BCUT2D eigenvalue weighted by Gasteiger charge is 2.07. The molecule has 4 aromatic rings. The molecule has 0 amide bonds. The lowest BCUT2D eigenvalue weighted by Gasteiger charge is -2.04. The van der Waals surface area contributed by atoms with Crippen LogP contribution in [0.2, 0.25) is 0 Å². The number of phenolic OH excluding ortho intramolecular Hbond substituents is 2. The van der Waals surface area contributed by atoms with E-state index in [4.69, 9.17) is 0 Å². The molecule has 0 aromatic heterocycles. The van der Waals surface area contributed by atoms with Crippen molar-refractivity contribution >= 4 is 56.1 Å². The van der Waals surface area contributed by atoms with Crippen LogP contribution in [0.3, 0.4) is 0 Å². The van der Waals surface area contributed by atoms with Crippen LogP contribution in [0.1, 0.15) is 0 Å². The monoisotopic (exact) mass is 494 g/mol. The summed E-state index contributed by atoms with van der Waals surface area (Å²) >= 11 is 2.22. The first-order valence-corrected chi connectivity index (χ1v) is 9.81. The van der Waals surface area contributed by atoms with Gasteiger partial charge in [-0.25, -0.2) is 0 Å². The van der Waals surface area contributed by atoms with Gasteiger partial charge < -0.3 is 10.2 Å². The topological polar surface area (TPSA) is 89.9 Å². The molecule has 0 saturated carbocycles. The largest absolute Gasteiger partial charge is 0.506 e. The van der Waals surface area contributed by atoms with E-state index in [0.29, 0.717) is 11.4 Å². The molecule has 4 aromatic carbocycles. The number of hydrogen-bond donors (Lipinski definition) is 2. The summed E-state index contributed by atoms with van der Waals surface area (Å²) in [7, 11) is 0. The van der Waals surface area contributed by atoms with Gasteiger partial charge in [0.1, 0.15) is 22.9 Å². The molecule has 0 saturated heterocycles. The fourth-order valence-corrected chi connectivity index (χ4v) is 3.09. The van der Waals surface area contributed by atoms with Crippen molar-refractivity contribution in [3.8, 4) is 11.5 Å². The molecule has 29 heavy (non-hydrogen) atoms. The molecule has 2 N–H and O–H groups in total. The van der Waals surface area contributed by atoms with E-state index < -0.39 is 0 Å². The molecule has 4 rings (SSSR count). The molecule has 0 atom stereocenters. The minimum atomic E-state index is -0.0401. The van der Waals surface area contributed by atoms with Gasteiger partial charge in [-0.2, -0.15) is 10.2 Å². The lowest BCUT2D eigenvalue weighted by molar-refractivity contribution is 0.474. The first-order valence-electron chi connectivity index (χ1n) is 8.73. The van der Waals surface area contributed by atoms with Gasteiger partial charge in [-0.1, -0.05) is 30.3 Å². The number of aromatic hydroxyl groups is 2. The molecule has 0 fully saturated rings. The third kappa shape index (κ3) is 4.40. The third-order valence-electron chi connectivity index (χ3n) is 4.20. The van der Waals surface area contributed by atoms with E-state index in [2.05, 4.69) is 43.0 Å². The van der Waals surface area contributed by atoms with Gasteiger partial charge in [0.15, 0.2) is 0 Å². The van der Waals surface area contributed by atoms with Gasteiger partial charge in [0, 0.05) is 8.96 Å². The van der Waals surface area contributed by atoms with Crippen molar-refractivity contribution in [2.45, 2.75) is 0 Å². The Morgan fingerprint density at radius 1 is 0.621 bits per heavy atom. The predicted octanol–water partition coefficient (Wildman–Crippen LogP) is 7.69. The second-order valence-corrected chi connectivity index (χ2v) is 7.45. The average molecular weight is 494 g/mol. The number of azo groups is 2. The summed E-state index contributed by atoms with van der Waals surface area (Å²) < 4.78 is 1.12. The molecule has 142 valence electrons. The van der Waals surface area contributed by atoms with Crippen molar-refractivity contribution in [1.29, 1.82) is 0 Å². The Morgan fingerprint density at radius 3 is 2.14 bits per heavy atom. The molecule has 0 aliphatic carbocycles. The Bertz CT molecular complexity index is 1240. The molecule has 0 unspecified atom stereocenters. The fourth-order valence-electron chi connectivity index (χ4n) is 2.73. The van der Waals surface area contributed by atoms with Crippen molar-refractivity contribution in [3.63, 3.8) is 0 Å². The van der Waals surface area contributed by atoms with Crippen LogP contribution in [-0.2, 0) is 0 Å². The van der Waals surface area contributed by atoms with Crippen LogP contribution in [0.5, 0.6) is 11.5 Å². The van der Waals surface area contributed by atoms with Gasteiger partial charge in [0.05, 0.1) is 11.4 Å². The average Bonchev–Trinajstić information content (AvgIpc) is 2.74. The molecule has 6 nitrogen and oxygen atoms in total. The van der Waals surface area contributed by atoms with Crippen molar-refractivity contribution in [2.75, 3.05) is 0 Å². The van der Waals surface area contributed by atoms with E-state index in [1.165, 1.54) is 6.07 Å². The van der Waals surface area contributed by atoms with Gasteiger partial charge >= 0.3 is 0 Å². The molecule has 0 spiro atoms. The second-order valence-electron chi connectivity index (χ2n) is 6.20. The zero-order valence-corrected chi connectivity index (χ0v) is 17.2. The first kappa shape index (κ1) is 19.0. The maximum absolute atomic E-state index is 10.2. The molecule has 7 heteroatoms. The Morgan fingerprint density at radius 2 is 1.31 bits per heavy atom. The van der Waals surface area contributed by atoms with E-state index in [9.17, 15) is 10.2 Å². The summed E-state index contributed by atoms with van der Waals surface area (Å²) in [5.41, 5.74) is 1.82. The number of fused-ring (bicyclic) bond motifs is 1. The Hall–Kier alpha value is -3.33. The smallest absolute Gasteiger partial charge is 0.143 e. The van der Waals surface area contributed by atoms with Crippen LogP contribution >= 0.6 is 22.6 Å². The van der Waals surface area contributed by atoms with E-state index in [0.717, 1.165) is 20.0 Å². The first-order chi connectivity index (χ1) is 14.1. The Kier molecular flexibility index (Phi) is 5.48. The van der Waals surface area contributed by atoms with Crippen LogP contribution in [0.25, 0.3) is 10.8 Å². The van der Waals surface area contributed by atoms with Gasteiger partial charge in [0.2, 0.25) is 0 Å². The molecular formula is C22H15IN4O2. The Labute approximate surface area is 180 Å². The van der Waals surface area contributed by atoms with Crippen LogP contribution < -0.4 is 0 Å². The zero-order valence-electron chi connectivity index (χ0n) is 15.1. The van der Waals surface area contributed by atoms with Crippen molar-refractivity contribution in [3.05, 3.63) is 82.4 Å². The third-order valence-corrected chi connectivity index (χ3v) is 4.92. The van der Waals surface area contributed by atoms with Crippen LogP contribution in [0.4, 0.5) is 22.7 Å². The molecule has 0 aliphatic rings. The SMILES string of the molecule is Oc1ccc(N=Nc2ccc(I)cc2)cc1N=Nc1c(O)ccc2ccccc12. The van der Waals surface area contributed by atoms with Crippen LogP contribution in [0.15, 0.2) is 99.3 Å².